The van der Waals surface area contributed by atoms with Crippen LogP contribution in [0.3, 0.4) is 0 Å². The van der Waals surface area contributed by atoms with Crippen LogP contribution in [0.15, 0.2) is 109 Å². The van der Waals surface area contributed by atoms with Gasteiger partial charge in [-0.15, -0.1) is 0 Å². The van der Waals surface area contributed by atoms with Crippen LogP contribution < -0.4 is 26.2 Å². The molecule has 4 aromatic carbocycles. The standard InChI is InChI=1S/C31H47N4O9P.C31H49N4O7P/c1-24(2)20-33(21-26-11-13-27(14-12-26)34(37)38)22-30(44-45(39,40)42-18-16-35(3,4)5)29(19-25-9-7-6-8-10-25)32-31(36)43-28-15-17-41-23-28;1-24(2)20-34(21-26-11-13-27(32)14-12-26)22-30(42-43(37,38)40-18-16-35(3,4)5)29(19-25-9-7-6-8-10-25)33-31(36)41-28-15-17-39-23-28/h6-14,24,28-30H,15-23H2,1-5H3,(H-,32,36,39,40);6-14,24,28-30H,15-23,32H2,1-5H3,(H-,33,36,37,38)/t2*28-,29-,30+/m00/s1. The maximum Gasteiger partial charge on any atom is 0.407 e. The smallest absolute Gasteiger partial charge is 0.407 e. The van der Waals surface area contributed by atoms with E-state index in [0.717, 1.165) is 22.3 Å². The fourth-order valence-corrected chi connectivity index (χ4v) is 11.5. The lowest BCUT2D eigenvalue weighted by Gasteiger charge is -2.37. The van der Waals surface area contributed by atoms with Gasteiger partial charge in [0.05, 0.1) is 97.9 Å². The molecule has 26 heteroatoms. The van der Waals surface area contributed by atoms with Gasteiger partial charge in [-0.05, 0) is 59.1 Å². The summed E-state index contributed by atoms with van der Waals surface area (Å²) in [6.07, 6.45) is -2.39. The first-order chi connectivity index (χ1) is 41.5. The third-order valence-electron chi connectivity index (χ3n) is 14.0. The van der Waals surface area contributed by atoms with Gasteiger partial charge in [-0.1, -0.05) is 113 Å². The number of quaternary nitrogens is 2. The highest BCUT2D eigenvalue weighted by Crippen LogP contribution is 2.42. The van der Waals surface area contributed by atoms with Gasteiger partial charge >= 0.3 is 12.2 Å². The first-order valence-electron chi connectivity index (χ1n) is 30.1. The summed E-state index contributed by atoms with van der Waals surface area (Å²) in [6, 6.07) is 31.2. The maximum absolute atomic E-state index is 13.2. The molecule has 2 amide bonds. The van der Waals surface area contributed by atoms with Crippen molar-refractivity contribution in [1.29, 1.82) is 0 Å². The van der Waals surface area contributed by atoms with Gasteiger partial charge in [0.15, 0.2) is 0 Å². The molecule has 0 bridgehead atoms. The number of phosphoric acid groups is 2. The van der Waals surface area contributed by atoms with Crippen molar-refractivity contribution in [3.05, 3.63) is 142 Å². The van der Waals surface area contributed by atoms with E-state index in [2.05, 4.69) is 29.4 Å². The number of alkyl carbamates (subject to hydrolysis) is 2. The number of nitrogen functional groups attached to an aromatic ring is 1. The monoisotopic (exact) mass is 1270 g/mol. The maximum atomic E-state index is 13.2. The number of anilines is 1. The average molecular weight is 1270 g/mol. The minimum Gasteiger partial charge on any atom is -0.756 e. The van der Waals surface area contributed by atoms with Crippen molar-refractivity contribution < 1.29 is 79.4 Å². The van der Waals surface area contributed by atoms with E-state index in [9.17, 15) is 38.6 Å². The Balaban J connectivity index is 0.000000321. The molecule has 0 aliphatic carbocycles. The molecule has 88 heavy (non-hydrogen) atoms. The van der Waals surface area contributed by atoms with Crippen LogP contribution >= 0.6 is 15.6 Å². The Labute approximate surface area is 520 Å². The Morgan fingerprint density at radius 1 is 0.602 bits per heavy atom. The second-order valence-corrected chi connectivity index (χ2v) is 28.1. The number of hydrogen-bond donors (Lipinski definition) is 3. The molecule has 490 valence electrons. The quantitative estimate of drug-likeness (QED) is 0.0135. The van der Waals surface area contributed by atoms with Crippen LogP contribution in [0.2, 0.25) is 0 Å². The van der Waals surface area contributed by atoms with Crippen LogP contribution in [0.5, 0.6) is 0 Å². The molecule has 8 atom stereocenters. The molecule has 0 spiro atoms. The van der Waals surface area contributed by atoms with Crippen molar-refractivity contribution in [2.45, 2.75) is 103 Å². The number of benzene rings is 4. The Morgan fingerprint density at radius 2 is 0.977 bits per heavy atom. The Hall–Kier alpha value is -5.40. The Kier molecular flexibility index (Phi) is 29.9. The molecule has 24 nitrogen and oxygen atoms in total. The third kappa shape index (κ3) is 29.9. The molecule has 2 aliphatic heterocycles. The zero-order chi connectivity index (χ0) is 64.5. The number of ether oxygens (including phenoxy) is 4. The van der Waals surface area contributed by atoms with Crippen molar-refractivity contribution in [2.75, 3.05) is 127 Å². The van der Waals surface area contributed by atoms with Crippen LogP contribution in [-0.2, 0) is 72.1 Å². The lowest BCUT2D eigenvalue weighted by Crippen LogP contribution is -2.51. The number of phosphoric ester groups is 2. The van der Waals surface area contributed by atoms with Crippen LogP contribution in [0.25, 0.3) is 0 Å². The summed E-state index contributed by atoms with van der Waals surface area (Å²) in [7, 11) is 2.02. The molecule has 2 heterocycles. The number of nitro groups is 1. The number of nitrogens with two attached hydrogens (primary N) is 1. The summed E-state index contributed by atoms with van der Waals surface area (Å²) in [5.41, 5.74) is 10.1. The van der Waals surface area contributed by atoms with E-state index in [1.807, 2.05) is 146 Å². The Bertz CT molecular complexity index is 2780. The molecule has 2 saturated heterocycles. The van der Waals surface area contributed by atoms with Gasteiger partial charge < -0.3 is 72.2 Å². The second-order valence-electron chi connectivity index (χ2n) is 25.4. The van der Waals surface area contributed by atoms with Gasteiger partial charge in [-0.25, -0.2) is 9.59 Å². The number of rotatable bonds is 35. The van der Waals surface area contributed by atoms with Crippen LogP contribution in [-0.4, -0.2) is 194 Å². The van der Waals surface area contributed by atoms with Crippen molar-refractivity contribution in [2.24, 2.45) is 11.8 Å². The van der Waals surface area contributed by atoms with E-state index in [0.29, 0.717) is 99.6 Å². The summed E-state index contributed by atoms with van der Waals surface area (Å²) in [5, 5.41) is 17.0. The molecule has 0 radical (unpaired) electrons. The van der Waals surface area contributed by atoms with E-state index in [1.165, 1.54) is 12.1 Å². The van der Waals surface area contributed by atoms with Crippen LogP contribution in [0.1, 0.15) is 62.8 Å². The minimum absolute atomic E-state index is 0.0213. The van der Waals surface area contributed by atoms with Gasteiger partial charge in [0.1, 0.15) is 38.5 Å². The molecule has 0 aromatic heterocycles. The number of nitrogens with zero attached hydrogens (tertiary/aromatic N) is 5. The van der Waals surface area contributed by atoms with E-state index in [-0.39, 0.29) is 56.4 Å². The van der Waals surface area contributed by atoms with Crippen molar-refractivity contribution in [3.63, 3.8) is 0 Å². The SMILES string of the molecule is CC(C)CN(Cc1ccc(N)cc1)C[C@@H](OP(=O)([O-])OCC[N+](C)(C)C)[C@H](Cc1ccccc1)NC(=O)O[C@H]1CCOC1.CC(C)CN(Cc1ccc([N+](=O)[O-])cc1)C[C@@H](OP(=O)([O-])OCC[N+](C)(C)C)[C@H](Cc1ccccc1)NC(=O)O[C@H]1CCOC1. The third-order valence-corrected chi connectivity index (χ3v) is 16.1. The van der Waals surface area contributed by atoms with Crippen LogP contribution in [0, 0.1) is 22.0 Å². The number of carbonyl (C=O) groups is 2. The van der Waals surface area contributed by atoms with Crippen molar-refractivity contribution in [1.82, 2.24) is 20.4 Å². The molecular weight excluding hydrogens is 1170 g/mol. The molecule has 4 N–H and O–H groups in total. The topological polar surface area (TPSA) is 288 Å². The van der Waals surface area contributed by atoms with E-state index in [1.54, 1.807) is 12.1 Å². The first kappa shape index (κ1) is 73.3. The molecule has 4 aromatic rings. The largest absolute Gasteiger partial charge is 0.756 e. The molecular formula is C62H96N8O16P2. The minimum atomic E-state index is -4.83. The number of hydrogen-bond acceptors (Lipinski definition) is 19. The molecule has 2 aliphatic rings. The van der Waals surface area contributed by atoms with E-state index < -0.39 is 63.2 Å². The second kappa shape index (κ2) is 35.9. The highest BCUT2D eigenvalue weighted by Gasteiger charge is 2.35. The fourth-order valence-electron chi connectivity index (χ4n) is 9.70. The van der Waals surface area contributed by atoms with Crippen molar-refractivity contribution in [3.8, 4) is 0 Å². The number of nitrogens with one attached hydrogen (secondary N) is 2. The number of non-ortho nitro benzene ring substituents is 1. The lowest BCUT2D eigenvalue weighted by molar-refractivity contribution is -0.870. The first-order valence-corrected chi connectivity index (χ1v) is 33.0. The van der Waals surface area contributed by atoms with Gasteiger partial charge in [0.2, 0.25) is 0 Å². The number of amides is 2. The van der Waals surface area contributed by atoms with E-state index in [4.69, 9.17) is 42.8 Å². The summed E-state index contributed by atoms with van der Waals surface area (Å²) < 4.78 is 71.6. The predicted molar refractivity (Wildman–Crippen MR) is 332 cm³/mol. The lowest BCUT2D eigenvalue weighted by atomic mass is 10.0. The Morgan fingerprint density at radius 3 is 1.31 bits per heavy atom. The molecule has 2 fully saturated rings. The van der Waals surface area contributed by atoms with Crippen molar-refractivity contribution >= 4 is 39.2 Å². The molecule has 2 unspecified atom stereocenters. The average Bonchev–Trinajstić information content (AvgIpc) is 2.37. The van der Waals surface area contributed by atoms with Gasteiger partial charge in [0.25, 0.3) is 21.3 Å². The predicted octanol–water partition coefficient (Wildman–Crippen LogP) is 7.19. The normalized spacial score (nSPS) is 18.2. The zero-order valence-corrected chi connectivity index (χ0v) is 54.8. The molecule has 6 rings (SSSR count). The summed E-state index contributed by atoms with van der Waals surface area (Å²) in [5.74, 6) is 0.471. The zero-order valence-electron chi connectivity index (χ0n) is 53.0. The number of nitro benzene ring substituents is 1. The van der Waals surface area contributed by atoms with Gasteiger partial charge in [-0.3, -0.25) is 29.0 Å². The highest BCUT2D eigenvalue weighted by atomic mass is 31.2. The summed E-state index contributed by atoms with van der Waals surface area (Å²) in [6.45, 7) is 13.1. The summed E-state index contributed by atoms with van der Waals surface area (Å²) >= 11 is 0. The van der Waals surface area contributed by atoms with Gasteiger partial charge in [0, 0.05) is 69.9 Å². The fraction of sp³-hybridized carbons (Fsp3) is 0.581. The highest BCUT2D eigenvalue weighted by molar-refractivity contribution is 7.46. The molecule has 0 saturated carbocycles. The van der Waals surface area contributed by atoms with Crippen LogP contribution in [0.4, 0.5) is 21.0 Å². The number of carbonyl (C=O) groups excluding carboxylic acids is 2. The van der Waals surface area contributed by atoms with Gasteiger partial charge in [-0.2, -0.15) is 0 Å². The number of likely N-dealkylation sites (N-methyl/N-ethyl adjacent to an activating group) is 2. The summed E-state index contributed by atoms with van der Waals surface area (Å²) in [4.78, 5) is 67.5. The van der Waals surface area contributed by atoms with E-state index >= 15 is 0 Å².